The Kier molecular flexibility index (Phi) is 11.4. The van der Waals surface area contributed by atoms with Crippen molar-refractivity contribution >= 4 is 23.5 Å². The molecule has 0 bridgehead atoms. The maximum Gasteiger partial charge on any atom is 0.289 e. The molecule has 8 heteroatoms. The number of nitrogens with zero attached hydrogens (tertiary/aromatic N) is 1. The van der Waals surface area contributed by atoms with Crippen LogP contribution in [0.4, 0.5) is 0 Å². The number of likely N-dealkylation sites (tertiary alicyclic amines) is 1. The lowest BCUT2D eigenvalue weighted by molar-refractivity contribution is -0.144. The van der Waals surface area contributed by atoms with Crippen molar-refractivity contribution in [3.05, 3.63) is 12.7 Å². The summed E-state index contributed by atoms with van der Waals surface area (Å²) in [5.74, 6) is -1.89. The summed E-state index contributed by atoms with van der Waals surface area (Å²) in [6.45, 7) is 19.3. The number of carbonyl (C=O) groups excluding carboxylic acids is 4. The molecule has 34 heavy (non-hydrogen) atoms. The van der Waals surface area contributed by atoms with Crippen molar-refractivity contribution in [2.24, 2.45) is 10.8 Å². The third kappa shape index (κ3) is 9.20. The van der Waals surface area contributed by atoms with E-state index in [0.29, 0.717) is 32.4 Å². The first kappa shape index (κ1) is 29.8. The van der Waals surface area contributed by atoms with Crippen LogP contribution in [-0.4, -0.2) is 66.2 Å². The minimum absolute atomic E-state index is 0.0962. The molecule has 0 aromatic rings. The Hall–Kier alpha value is -2.22. The number of ketones is 1. The third-order valence-electron chi connectivity index (χ3n) is 6.02. The summed E-state index contributed by atoms with van der Waals surface area (Å²) >= 11 is 0. The molecule has 8 nitrogen and oxygen atoms in total. The molecule has 1 rings (SSSR count). The molecule has 0 aliphatic carbocycles. The van der Waals surface area contributed by atoms with Crippen molar-refractivity contribution in [1.29, 1.82) is 0 Å². The molecule has 1 fully saturated rings. The summed E-state index contributed by atoms with van der Waals surface area (Å²) in [5.41, 5.74) is -0.185. The highest BCUT2D eigenvalue weighted by Crippen LogP contribution is 2.27. The maximum absolute atomic E-state index is 13.6. The summed E-state index contributed by atoms with van der Waals surface area (Å²) in [4.78, 5) is 53.1. The zero-order valence-electron chi connectivity index (χ0n) is 22.3. The molecule has 1 aliphatic heterocycles. The molecule has 0 radical (unpaired) electrons. The summed E-state index contributed by atoms with van der Waals surface area (Å²) in [7, 11) is 0. The van der Waals surface area contributed by atoms with E-state index in [1.54, 1.807) is 4.90 Å². The lowest BCUT2D eigenvalue weighted by Gasteiger charge is -2.36. The molecular weight excluding hydrogens is 432 g/mol. The molecule has 3 atom stereocenters. The van der Waals surface area contributed by atoms with Crippen molar-refractivity contribution in [3.63, 3.8) is 0 Å². The van der Waals surface area contributed by atoms with Gasteiger partial charge in [-0.3, -0.25) is 19.2 Å². The Morgan fingerprint density at radius 1 is 1.12 bits per heavy atom. The van der Waals surface area contributed by atoms with E-state index in [4.69, 9.17) is 0 Å². The molecule has 3 N–H and O–H groups in total. The number of amides is 3. The van der Waals surface area contributed by atoms with E-state index >= 15 is 0 Å². The average Bonchev–Trinajstić information content (AvgIpc) is 3.22. The second kappa shape index (κ2) is 13.0. The topological polar surface area (TPSA) is 108 Å². The van der Waals surface area contributed by atoms with Crippen LogP contribution in [0.3, 0.4) is 0 Å². The zero-order valence-corrected chi connectivity index (χ0v) is 22.3. The minimum Gasteiger partial charge on any atom is -0.346 e. The second-order valence-electron chi connectivity index (χ2n) is 11.5. The van der Waals surface area contributed by atoms with Crippen LogP contribution in [0.1, 0.15) is 80.6 Å². The Morgan fingerprint density at radius 2 is 1.76 bits per heavy atom. The number of carbonyl (C=O) groups is 4. The van der Waals surface area contributed by atoms with Crippen LogP contribution in [0, 0.1) is 10.8 Å². The van der Waals surface area contributed by atoms with Crippen LogP contribution >= 0.6 is 0 Å². The molecule has 1 aliphatic rings. The Bertz CT molecular complexity index is 736. The van der Waals surface area contributed by atoms with Gasteiger partial charge in [0, 0.05) is 13.1 Å². The van der Waals surface area contributed by atoms with Gasteiger partial charge in [0.1, 0.15) is 6.04 Å². The Morgan fingerprint density at radius 3 is 2.29 bits per heavy atom. The van der Waals surface area contributed by atoms with E-state index in [2.05, 4.69) is 43.3 Å². The van der Waals surface area contributed by atoms with Gasteiger partial charge in [-0.25, -0.2) is 0 Å². The highest BCUT2D eigenvalue weighted by molar-refractivity contribution is 6.38. The largest absolute Gasteiger partial charge is 0.346 e. The molecule has 3 amide bonds. The standard InChI is InChI=1S/C26H46N4O4/c1-9-12-18(20(31)23(33)28-15-10-2)29-22(32)19-13-11-17-30(19)24(34)21(26(6,7)8)27-16-14-25(3,4)5/h10,18-19,21,27H,2,9,11-17H2,1,3-8H3,(H,28,33)(H,29,32). The van der Waals surface area contributed by atoms with Crippen molar-refractivity contribution < 1.29 is 19.2 Å². The molecule has 3 unspecified atom stereocenters. The summed E-state index contributed by atoms with van der Waals surface area (Å²) in [6.07, 6.45) is 4.64. The molecular formula is C26H46N4O4. The second-order valence-corrected chi connectivity index (χ2v) is 11.5. The molecule has 0 aromatic carbocycles. The molecule has 0 saturated carbocycles. The Labute approximate surface area is 205 Å². The van der Waals surface area contributed by atoms with Gasteiger partial charge in [-0.1, -0.05) is 61.0 Å². The maximum atomic E-state index is 13.6. The quantitative estimate of drug-likeness (QED) is 0.295. The van der Waals surface area contributed by atoms with Gasteiger partial charge in [-0.15, -0.1) is 6.58 Å². The number of hydrogen-bond donors (Lipinski definition) is 3. The predicted molar refractivity (Wildman–Crippen MR) is 135 cm³/mol. The van der Waals surface area contributed by atoms with Crippen LogP contribution in [0.15, 0.2) is 12.7 Å². The fourth-order valence-electron chi connectivity index (χ4n) is 4.06. The molecule has 1 saturated heterocycles. The summed E-state index contributed by atoms with van der Waals surface area (Å²) in [6, 6.07) is -1.99. The van der Waals surface area contributed by atoms with Gasteiger partial charge < -0.3 is 20.9 Å². The van der Waals surface area contributed by atoms with Crippen molar-refractivity contribution in [3.8, 4) is 0 Å². The van der Waals surface area contributed by atoms with Crippen molar-refractivity contribution in [2.75, 3.05) is 19.6 Å². The van der Waals surface area contributed by atoms with Gasteiger partial charge in [0.2, 0.25) is 17.6 Å². The summed E-state index contributed by atoms with van der Waals surface area (Å²) in [5, 5.41) is 8.65. The van der Waals surface area contributed by atoms with Crippen LogP contribution in [0.5, 0.6) is 0 Å². The van der Waals surface area contributed by atoms with Gasteiger partial charge in [-0.2, -0.15) is 0 Å². The van der Waals surface area contributed by atoms with E-state index in [1.165, 1.54) is 6.08 Å². The first-order chi connectivity index (χ1) is 15.7. The fraction of sp³-hybridized carbons (Fsp3) is 0.769. The molecule has 1 heterocycles. The predicted octanol–water partition coefficient (Wildman–Crippen LogP) is 2.57. The van der Waals surface area contributed by atoms with Gasteiger partial charge in [0.15, 0.2) is 0 Å². The number of nitrogens with one attached hydrogen (secondary N) is 3. The SMILES string of the molecule is C=CCNC(=O)C(=O)C(CCC)NC(=O)C1CCCN1C(=O)C(NCCC(C)(C)C)C(C)(C)C. The lowest BCUT2D eigenvalue weighted by atomic mass is 9.85. The lowest BCUT2D eigenvalue weighted by Crippen LogP contribution is -2.58. The summed E-state index contributed by atoms with van der Waals surface area (Å²) < 4.78 is 0. The average molecular weight is 479 g/mol. The minimum atomic E-state index is -0.914. The Balaban J connectivity index is 2.95. The van der Waals surface area contributed by atoms with E-state index in [9.17, 15) is 19.2 Å². The third-order valence-corrected chi connectivity index (χ3v) is 6.02. The normalized spacial score (nSPS) is 18.2. The van der Waals surface area contributed by atoms with E-state index in [-0.39, 0.29) is 29.2 Å². The first-order valence-corrected chi connectivity index (χ1v) is 12.5. The van der Waals surface area contributed by atoms with Crippen LogP contribution in [-0.2, 0) is 19.2 Å². The molecule has 0 spiro atoms. The van der Waals surface area contributed by atoms with Crippen molar-refractivity contribution in [1.82, 2.24) is 20.9 Å². The highest BCUT2D eigenvalue weighted by atomic mass is 16.2. The van der Waals surface area contributed by atoms with Gasteiger partial charge >= 0.3 is 0 Å². The molecule has 194 valence electrons. The first-order valence-electron chi connectivity index (χ1n) is 12.5. The van der Waals surface area contributed by atoms with E-state index < -0.39 is 29.8 Å². The van der Waals surface area contributed by atoms with E-state index in [1.807, 2.05) is 27.7 Å². The number of rotatable bonds is 12. The smallest absolute Gasteiger partial charge is 0.289 e. The van der Waals surface area contributed by atoms with Gasteiger partial charge in [-0.05, 0) is 43.1 Å². The van der Waals surface area contributed by atoms with Crippen LogP contribution in [0.2, 0.25) is 0 Å². The monoisotopic (exact) mass is 478 g/mol. The van der Waals surface area contributed by atoms with Gasteiger partial charge in [0.05, 0.1) is 12.1 Å². The highest BCUT2D eigenvalue weighted by Gasteiger charge is 2.41. The van der Waals surface area contributed by atoms with Crippen molar-refractivity contribution in [2.45, 2.75) is 98.7 Å². The number of Topliss-reactive ketones (excluding diaryl/α,β-unsaturated/α-hetero) is 1. The van der Waals surface area contributed by atoms with Crippen LogP contribution in [0.25, 0.3) is 0 Å². The fourth-order valence-corrected chi connectivity index (χ4v) is 4.06. The van der Waals surface area contributed by atoms with Gasteiger partial charge in [0.25, 0.3) is 5.91 Å². The zero-order chi connectivity index (χ0) is 26.1. The van der Waals surface area contributed by atoms with E-state index in [0.717, 1.165) is 12.8 Å². The van der Waals surface area contributed by atoms with Crippen LogP contribution < -0.4 is 16.0 Å². The number of hydrogen-bond acceptors (Lipinski definition) is 5. The molecule has 0 aromatic heterocycles.